The number of halogens is 1. The van der Waals surface area contributed by atoms with Gasteiger partial charge in [-0.05, 0) is 59.8 Å². The maximum atomic E-state index is 12.0. The van der Waals surface area contributed by atoms with Crippen molar-refractivity contribution < 1.29 is 4.79 Å². The molecule has 1 aromatic carbocycles. The van der Waals surface area contributed by atoms with Gasteiger partial charge in [0.2, 0.25) is 0 Å². The molecule has 1 N–H and O–H groups in total. The molecule has 1 fully saturated rings. The van der Waals surface area contributed by atoms with E-state index in [4.69, 9.17) is 0 Å². The first-order valence-electron chi connectivity index (χ1n) is 5.99. The van der Waals surface area contributed by atoms with Crippen LogP contribution in [0.25, 0.3) is 0 Å². The van der Waals surface area contributed by atoms with Gasteiger partial charge in [-0.3, -0.25) is 0 Å². The molecule has 0 saturated carbocycles. The summed E-state index contributed by atoms with van der Waals surface area (Å²) in [4.78, 5) is 13.9. The van der Waals surface area contributed by atoms with Crippen molar-refractivity contribution in [3.8, 4) is 0 Å². The van der Waals surface area contributed by atoms with Crippen LogP contribution in [0.2, 0.25) is 0 Å². The second kappa shape index (κ2) is 5.54. The Hall–Kier alpha value is -1.03. The average Bonchev–Trinajstić information content (AvgIpc) is 2.34. The summed E-state index contributed by atoms with van der Waals surface area (Å²) in [6.07, 6.45) is 3.46. The van der Waals surface area contributed by atoms with Crippen LogP contribution in [0.1, 0.15) is 24.8 Å². The van der Waals surface area contributed by atoms with Crippen LogP contribution in [0.4, 0.5) is 10.5 Å². The average molecular weight is 297 g/mol. The second-order valence-electron chi connectivity index (χ2n) is 4.46. The van der Waals surface area contributed by atoms with E-state index in [1.165, 1.54) is 12.0 Å². The summed E-state index contributed by atoms with van der Waals surface area (Å²) in [5.41, 5.74) is 2.01. The van der Waals surface area contributed by atoms with Crippen LogP contribution >= 0.6 is 15.9 Å². The number of nitrogens with one attached hydrogen (secondary N) is 1. The fourth-order valence-electron chi connectivity index (χ4n) is 2.01. The van der Waals surface area contributed by atoms with Gasteiger partial charge in [0, 0.05) is 17.6 Å². The third kappa shape index (κ3) is 3.22. The lowest BCUT2D eigenvalue weighted by molar-refractivity contribution is 0.200. The van der Waals surface area contributed by atoms with Gasteiger partial charge in [-0.1, -0.05) is 6.07 Å². The predicted octanol–water partition coefficient (Wildman–Crippen LogP) is 3.78. The highest BCUT2D eigenvalue weighted by molar-refractivity contribution is 9.10. The lowest BCUT2D eigenvalue weighted by Gasteiger charge is -2.27. The Morgan fingerprint density at radius 2 is 2.00 bits per heavy atom. The Labute approximate surface area is 110 Å². The number of likely N-dealkylation sites (tertiary alicyclic amines) is 1. The predicted molar refractivity (Wildman–Crippen MR) is 73.3 cm³/mol. The molecular weight excluding hydrogens is 280 g/mol. The van der Waals surface area contributed by atoms with Crippen LogP contribution in [0.3, 0.4) is 0 Å². The first-order valence-corrected chi connectivity index (χ1v) is 6.78. The van der Waals surface area contributed by atoms with Gasteiger partial charge in [-0.25, -0.2) is 4.79 Å². The van der Waals surface area contributed by atoms with E-state index in [1.54, 1.807) is 0 Å². The Bertz CT molecular complexity index is 414. The summed E-state index contributed by atoms with van der Waals surface area (Å²) < 4.78 is 0.933. The highest BCUT2D eigenvalue weighted by Gasteiger charge is 2.16. The monoisotopic (exact) mass is 296 g/mol. The smallest absolute Gasteiger partial charge is 0.321 e. The lowest BCUT2D eigenvalue weighted by Crippen LogP contribution is -2.38. The molecular formula is C13H17BrN2O. The summed E-state index contributed by atoms with van der Waals surface area (Å²) in [5.74, 6) is 0. The molecule has 92 valence electrons. The molecule has 0 aromatic heterocycles. The summed E-state index contributed by atoms with van der Waals surface area (Å²) in [6, 6.07) is 5.94. The Morgan fingerprint density at radius 1 is 1.29 bits per heavy atom. The van der Waals surface area contributed by atoms with Gasteiger partial charge in [-0.2, -0.15) is 0 Å². The molecule has 0 bridgehead atoms. The quantitative estimate of drug-likeness (QED) is 0.840. The number of nitrogens with zero attached hydrogens (tertiary/aromatic N) is 1. The molecule has 2 amide bonds. The number of carbonyl (C=O) groups excluding carboxylic acids is 1. The molecule has 0 radical (unpaired) electrons. The highest BCUT2D eigenvalue weighted by atomic mass is 79.9. The largest absolute Gasteiger partial charge is 0.325 e. The van der Waals surface area contributed by atoms with Crippen molar-refractivity contribution in [2.24, 2.45) is 0 Å². The molecule has 17 heavy (non-hydrogen) atoms. The summed E-state index contributed by atoms with van der Waals surface area (Å²) in [5, 5.41) is 2.95. The van der Waals surface area contributed by atoms with Gasteiger partial charge in [0.1, 0.15) is 0 Å². The van der Waals surface area contributed by atoms with Crippen molar-refractivity contribution in [2.45, 2.75) is 26.2 Å². The number of benzene rings is 1. The number of aryl methyl sites for hydroxylation is 1. The number of amides is 2. The zero-order chi connectivity index (χ0) is 12.3. The number of piperidine rings is 1. The summed E-state index contributed by atoms with van der Waals surface area (Å²) in [6.45, 7) is 3.77. The van der Waals surface area contributed by atoms with Crippen LogP contribution in [-0.4, -0.2) is 24.0 Å². The maximum Gasteiger partial charge on any atom is 0.321 e. The number of hydrogen-bond donors (Lipinski definition) is 1. The molecule has 0 atom stereocenters. The van der Waals surface area contributed by atoms with Gasteiger partial charge < -0.3 is 10.2 Å². The van der Waals surface area contributed by atoms with E-state index in [2.05, 4.69) is 21.2 Å². The molecule has 1 saturated heterocycles. The van der Waals surface area contributed by atoms with E-state index in [1.807, 2.05) is 30.0 Å². The lowest BCUT2D eigenvalue weighted by atomic mass is 10.1. The minimum atomic E-state index is 0.00857. The van der Waals surface area contributed by atoms with Crippen molar-refractivity contribution in [2.75, 3.05) is 18.4 Å². The second-order valence-corrected chi connectivity index (χ2v) is 5.32. The van der Waals surface area contributed by atoms with Crippen LogP contribution in [0, 0.1) is 6.92 Å². The van der Waals surface area contributed by atoms with Gasteiger partial charge in [0.15, 0.2) is 0 Å². The molecule has 0 unspecified atom stereocenters. The minimum Gasteiger partial charge on any atom is -0.325 e. The van der Waals surface area contributed by atoms with Crippen LogP contribution in [-0.2, 0) is 0 Å². The molecule has 1 heterocycles. The van der Waals surface area contributed by atoms with Crippen molar-refractivity contribution in [1.29, 1.82) is 0 Å². The van der Waals surface area contributed by atoms with Crippen LogP contribution in [0.15, 0.2) is 22.7 Å². The fraction of sp³-hybridized carbons (Fsp3) is 0.462. The first kappa shape index (κ1) is 12.4. The number of rotatable bonds is 1. The fourth-order valence-corrected chi connectivity index (χ4v) is 2.61. The zero-order valence-corrected chi connectivity index (χ0v) is 11.6. The Morgan fingerprint density at radius 3 is 2.65 bits per heavy atom. The van der Waals surface area contributed by atoms with Crippen molar-refractivity contribution >= 4 is 27.6 Å². The SMILES string of the molecule is Cc1ccc(NC(=O)N2CCCCC2)c(Br)c1. The number of anilines is 1. The number of carbonyl (C=O) groups is 1. The van der Waals surface area contributed by atoms with E-state index in [0.29, 0.717) is 0 Å². The maximum absolute atomic E-state index is 12.0. The molecule has 1 aliphatic rings. The van der Waals surface area contributed by atoms with E-state index in [0.717, 1.165) is 36.1 Å². The number of urea groups is 1. The van der Waals surface area contributed by atoms with Crippen molar-refractivity contribution in [3.05, 3.63) is 28.2 Å². The normalized spacial score (nSPS) is 15.8. The summed E-state index contributed by atoms with van der Waals surface area (Å²) in [7, 11) is 0. The molecule has 1 aliphatic heterocycles. The molecule has 0 spiro atoms. The van der Waals surface area contributed by atoms with Crippen LogP contribution in [0.5, 0.6) is 0 Å². The molecule has 1 aromatic rings. The van der Waals surface area contributed by atoms with E-state index in [9.17, 15) is 4.79 Å². The van der Waals surface area contributed by atoms with E-state index >= 15 is 0 Å². The number of hydrogen-bond acceptors (Lipinski definition) is 1. The van der Waals surface area contributed by atoms with Crippen LogP contribution < -0.4 is 5.32 Å². The Kier molecular flexibility index (Phi) is 4.05. The molecule has 3 nitrogen and oxygen atoms in total. The van der Waals surface area contributed by atoms with Gasteiger partial charge >= 0.3 is 6.03 Å². The van der Waals surface area contributed by atoms with Gasteiger partial charge in [-0.15, -0.1) is 0 Å². The van der Waals surface area contributed by atoms with Crippen molar-refractivity contribution in [1.82, 2.24) is 4.90 Å². The van der Waals surface area contributed by atoms with Crippen molar-refractivity contribution in [3.63, 3.8) is 0 Å². The minimum absolute atomic E-state index is 0.00857. The topological polar surface area (TPSA) is 32.3 Å². The van der Waals surface area contributed by atoms with E-state index < -0.39 is 0 Å². The highest BCUT2D eigenvalue weighted by Crippen LogP contribution is 2.24. The zero-order valence-electron chi connectivity index (χ0n) is 10.0. The third-order valence-electron chi connectivity index (χ3n) is 3.01. The molecule has 4 heteroatoms. The van der Waals surface area contributed by atoms with Gasteiger partial charge in [0.25, 0.3) is 0 Å². The molecule has 0 aliphatic carbocycles. The van der Waals surface area contributed by atoms with Gasteiger partial charge in [0.05, 0.1) is 5.69 Å². The third-order valence-corrected chi connectivity index (χ3v) is 3.67. The first-order chi connectivity index (χ1) is 8.16. The summed E-state index contributed by atoms with van der Waals surface area (Å²) >= 11 is 3.47. The Balaban J connectivity index is 2.02. The standard InChI is InChI=1S/C13H17BrN2O/c1-10-5-6-12(11(14)9-10)15-13(17)16-7-3-2-4-8-16/h5-6,9H,2-4,7-8H2,1H3,(H,15,17). The van der Waals surface area contributed by atoms with E-state index in [-0.39, 0.29) is 6.03 Å². The molecule has 2 rings (SSSR count).